The van der Waals surface area contributed by atoms with Crippen LogP contribution in [0.15, 0.2) is 9.66 Å². The molecule has 2 aliphatic rings. The first-order valence-corrected chi connectivity index (χ1v) is 25.6. The Morgan fingerprint density at radius 3 is 2.04 bits per heavy atom. The summed E-state index contributed by atoms with van der Waals surface area (Å²) in [5.74, 6) is -1.30. The second kappa shape index (κ2) is 18.5. The summed E-state index contributed by atoms with van der Waals surface area (Å²) in [6.07, 6.45) is 2.89. The van der Waals surface area contributed by atoms with E-state index in [1.807, 2.05) is 0 Å². The molecule has 0 aliphatic carbocycles. The molecule has 12 heteroatoms. The number of unbranched alkanes of at least 4 members (excludes halogenated alkanes) is 1. The molecule has 10 atom stereocenters. The summed E-state index contributed by atoms with van der Waals surface area (Å²) >= 11 is 2.36. The van der Waals surface area contributed by atoms with Crippen molar-refractivity contribution in [3.63, 3.8) is 0 Å². The second-order valence-corrected chi connectivity index (χ2v) is 29.2. The zero-order valence-corrected chi connectivity index (χ0v) is 38.7. The number of hydrogen-bond acceptors (Lipinski definition) is 9. The number of carbonyl (C=O) groups excluding carboxylic acids is 1. The molecular weight excluding hydrogens is 783 g/mol. The zero-order chi connectivity index (χ0) is 38.5. The molecule has 0 bridgehead atoms. The van der Waals surface area contributed by atoms with Gasteiger partial charge in [-0.2, -0.15) is 0 Å². The number of rotatable bonds is 18. The van der Waals surface area contributed by atoms with Gasteiger partial charge >= 0.3 is 6.16 Å². The lowest BCUT2D eigenvalue weighted by Crippen LogP contribution is -2.67. The Kier molecular flexibility index (Phi) is 17.1. The number of halogens is 1. The van der Waals surface area contributed by atoms with E-state index in [0.717, 1.165) is 25.7 Å². The van der Waals surface area contributed by atoms with Gasteiger partial charge in [0.1, 0.15) is 0 Å². The molecule has 294 valence electrons. The molecule has 0 aromatic carbocycles. The minimum Gasteiger partial charge on any atom is -0.427 e. The van der Waals surface area contributed by atoms with Crippen LogP contribution < -0.4 is 0 Å². The third kappa shape index (κ3) is 11.5. The third-order valence-corrected chi connectivity index (χ3v) is 21.4. The summed E-state index contributed by atoms with van der Waals surface area (Å²) in [4.78, 5) is 13.1. The summed E-state index contributed by atoms with van der Waals surface area (Å²) in [5, 5.41) is 0.0187. The highest BCUT2D eigenvalue weighted by Crippen LogP contribution is 2.50. The van der Waals surface area contributed by atoms with Crippen LogP contribution in [-0.2, 0) is 37.3 Å². The standard InChI is InChI=1S/C38H73IO9Si2/c1-25(24-41-11)22-30-27(3)33(48-50(16,17)37(8,9)10)28(4)38(43-13,46-30)34-32(44-35(40)45-34)23-31(42-12)29(21-19-18-20-26(2)39)47-49(14,15)36(5,6)7/h20,25,27-34H,18-19,21-24H2,1-17H3/b26-20+/t25-,27+,28-,29+,30-,31-,32+,33+,34-,38-/m1/s1. The number of ether oxygens (including phenoxy) is 6. The summed E-state index contributed by atoms with van der Waals surface area (Å²) < 4.78 is 53.0. The predicted molar refractivity (Wildman–Crippen MR) is 215 cm³/mol. The fourth-order valence-electron chi connectivity index (χ4n) is 6.79. The molecule has 2 rings (SSSR count). The number of hydrogen-bond donors (Lipinski definition) is 0. The van der Waals surface area contributed by atoms with Crippen LogP contribution >= 0.6 is 22.6 Å². The summed E-state index contributed by atoms with van der Waals surface area (Å²) in [7, 11) is 0.690. The van der Waals surface area contributed by atoms with E-state index in [9.17, 15) is 4.79 Å². The van der Waals surface area contributed by atoms with Gasteiger partial charge in [-0.3, -0.25) is 0 Å². The van der Waals surface area contributed by atoms with Crippen LogP contribution in [-0.4, -0.2) is 93.1 Å². The Morgan fingerprint density at radius 2 is 1.54 bits per heavy atom. The van der Waals surface area contributed by atoms with Gasteiger partial charge in [0.05, 0.1) is 24.4 Å². The van der Waals surface area contributed by atoms with E-state index in [1.165, 1.54) is 3.58 Å². The SMILES string of the molecule is COC[C@H](C)C[C@H]1O[C@@](OC)([C@@H]2OC(=O)O[C@H]2C[C@@H](OC)[C@H](CCC/C=C(\C)I)O[Si](C)(C)C(C)(C)C)[C@H](C)[C@@H](O[Si](C)(C)C(C)(C)C)[C@H]1C. The molecule has 0 aromatic rings. The molecule has 0 radical (unpaired) electrons. The highest BCUT2D eigenvalue weighted by atomic mass is 127. The second-order valence-electron chi connectivity index (χ2n) is 18.0. The van der Waals surface area contributed by atoms with Crippen molar-refractivity contribution in [2.45, 2.75) is 180 Å². The van der Waals surface area contributed by atoms with Crippen molar-refractivity contribution in [3.8, 4) is 0 Å². The van der Waals surface area contributed by atoms with E-state index < -0.39 is 40.8 Å². The maximum atomic E-state index is 13.1. The first-order chi connectivity index (χ1) is 22.9. The van der Waals surface area contributed by atoms with Crippen LogP contribution in [0.2, 0.25) is 36.3 Å². The van der Waals surface area contributed by atoms with Crippen molar-refractivity contribution in [3.05, 3.63) is 9.66 Å². The van der Waals surface area contributed by atoms with Gasteiger partial charge in [0.15, 0.2) is 28.8 Å². The third-order valence-electron chi connectivity index (χ3n) is 12.0. The monoisotopic (exact) mass is 856 g/mol. The average Bonchev–Trinajstić information content (AvgIpc) is 3.36. The Hall–Kier alpha value is -0.0662. The maximum absolute atomic E-state index is 13.1. The molecule has 2 saturated heterocycles. The van der Waals surface area contributed by atoms with Gasteiger partial charge in [-0.25, -0.2) is 4.79 Å². The lowest BCUT2D eigenvalue weighted by atomic mass is 9.75. The van der Waals surface area contributed by atoms with Gasteiger partial charge in [0.25, 0.3) is 0 Å². The number of allylic oxidation sites excluding steroid dienone is 2. The van der Waals surface area contributed by atoms with Crippen molar-refractivity contribution >= 4 is 45.4 Å². The number of carbonyl (C=O) groups is 1. The Morgan fingerprint density at radius 1 is 0.940 bits per heavy atom. The zero-order valence-electron chi connectivity index (χ0n) is 34.6. The van der Waals surface area contributed by atoms with Gasteiger partial charge in [0, 0.05) is 46.2 Å². The first-order valence-electron chi connectivity index (χ1n) is 18.7. The molecular formula is C38H73IO9Si2. The number of cyclic esters (lactones) is 2. The van der Waals surface area contributed by atoms with Crippen LogP contribution in [0, 0.1) is 17.8 Å². The largest absolute Gasteiger partial charge is 0.509 e. The van der Waals surface area contributed by atoms with Crippen molar-refractivity contribution in [1.29, 1.82) is 0 Å². The fraction of sp³-hybridized carbons (Fsp3) is 0.921. The van der Waals surface area contributed by atoms with Crippen molar-refractivity contribution in [1.82, 2.24) is 0 Å². The lowest BCUT2D eigenvalue weighted by molar-refractivity contribution is -0.359. The van der Waals surface area contributed by atoms with Gasteiger partial charge in [0.2, 0.25) is 5.79 Å². The minimum atomic E-state index is -2.23. The van der Waals surface area contributed by atoms with Gasteiger partial charge < -0.3 is 37.3 Å². The molecule has 9 nitrogen and oxygen atoms in total. The van der Waals surface area contributed by atoms with Crippen molar-refractivity contribution < 1.29 is 42.1 Å². The molecule has 0 amide bonds. The van der Waals surface area contributed by atoms with Crippen molar-refractivity contribution in [2.24, 2.45) is 17.8 Å². The highest BCUT2D eigenvalue weighted by molar-refractivity contribution is 14.1. The molecule has 0 unspecified atom stereocenters. The summed E-state index contributed by atoms with van der Waals surface area (Å²) in [6.45, 7) is 31.8. The van der Waals surface area contributed by atoms with Gasteiger partial charge in [-0.1, -0.05) is 68.4 Å². The normalized spacial score (nSPS) is 30.5. The van der Waals surface area contributed by atoms with E-state index >= 15 is 0 Å². The van der Waals surface area contributed by atoms with Crippen LogP contribution in [0.25, 0.3) is 0 Å². The smallest absolute Gasteiger partial charge is 0.427 e. The Balaban J connectivity index is 2.58. The Bertz CT molecular complexity index is 1100. The molecule has 2 aliphatic heterocycles. The topological polar surface area (TPSA) is 90.9 Å². The maximum Gasteiger partial charge on any atom is 0.509 e. The molecule has 0 saturated carbocycles. The van der Waals surface area contributed by atoms with E-state index in [0.29, 0.717) is 13.0 Å². The Labute approximate surface area is 321 Å². The predicted octanol–water partition coefficient (Wildman–Crippen LogP) is 10.3. The van der Waals surface area contributed by atoms with Crippen LogP contribution in [0.4, 0.5) is 4.79 Å². The first kappa shape index (κ1) is 46.1. The van der Waals surface area contributed by atoms with Crippen LogP contribution in [0.5, 0.6) is 0 Å². The quantitative estimate of drug-likeness (QED) is 0.0578. The van der Waals surface area contributed by atoms with Crippen LogP contribution in [0.1, 0.15) is 101 Å². The van der Waals surface area contributed by atoms with E-state index in [1.54, 1.807) is 21.3 Å². The van der Waals surface area contributed by atoms with E-state index in [-0.39, 0.29) is 52.2 Å². The van der Waals surface area contributed by atoms with E-state index in [4.69, 9.17) is 37.3 Å². The lowest BCUT2D eigenvalue weighted by Gasteiger charge is -2.55. The highest BCUT2D eigenvalue weighted by Gasteiger charge is 2.63. The molecule has 0 aromatic heterocycles. The average molecular weight is 857 g/mol. The molecule has 0 N–H and O–H groups in total. The van der Waals surface area contributed by atoms with Crippen LogP contribution in [0.3, 0.4) is 0 Å². The minimum absolute atomic E-state index is 0.000821. The van der Waals surface area contributed by atoms with Gasteiger partial charge in [-0.15, -0.1) is 0 Å². The number of methoxy groups -OCH3 is 3. The fourth-order valence-corrected chi connectivity index (χ4v) is 9.94. The molecule has 50 heavy (non-hydrogen) atoms. The summed E-state index contributed by atoms with van der Waals surface area (Å²) in [5.41, 5.74) is 0. The van der Waals surface area contributed by atoms with E-state index in [2.05, 4.69) is 124 Å². The molecule has 2 fully saturated rings. The van der Waals surface area contributed by atoms with Crippen molar-refractivity contribution in [2.75, 3.05) is 27.9 Å². The summed E-state index contributed by atoms with van der Waals surface area (Å²) in [6, 6.07) is 0. The van der Waals surface area contributed by atoms with Gasteiger partial charge in [-0.05, 0) is 101 Å². The molecule has 0 spiro atoms. The molecule has 2 heterocycles.